The topological polar surface area (TPSA) is 98.5 Å². The minimum Gasteiger partial charge on any atom is -0.367 e. The summed E-state index contributed by atoms with van der Waals surface area (Å²) >= 11 is 0. The lowest BCUT2D eigenvalue weighted by molar-refractivity contribution is -0.141. The predicted molar refractivity (Wildman–Crippen MR) is 131 cm³/mol. The maximum absolute atomic E-state index is 13.5. The summed E-state index contributed by atoms with van der Waals surface area (Å²) < 4.78 is 41.3. The average Bonchev–Trinajstić information content (AvgIpc) is 3.35. The number of aromatic nitrogens is 3. The number of hydrogen-bond acceptors (Lipinski definition) is 4. The Kier molecular flexibility index (Phi) is 6.54. The number of nitrogens with one attached hydrogen (secondary N) is 3. The summed E-state index contributed by atoms with van der Waals surface area (Å²) in [6, 6.07) is 17.6. The van der Waals surface area contributed by atoms with Gasteiger partial charge in [-0.1, -0.05) is 18.2 Å². The number of nitrogens with zero attached hydrogens (tertiary/aromatic N) is 3. The van der Waals surface area contributed by atoms with E-state index in [1.54, 1.807) is 18.2 Å². The van der Waals surface area contributed by atoms with Crippen molar-refractivity contribution in [1.29, 1.82) is 5.26 Å². The van der Waals surface area contributed by atoms with E-state index in [2.05, 4.69) is 20.7 Å². The molecule has 0 saturated heterocycles. The summed E-state index contributed by atoms with van der Waals surface area (Å²) in [4.78, 5) is 16.3. The van der Waals surface area contributed by atoms with E-state index in [1.165, 1.54) is 37.1 Å². The maximum atomic E-state index is 13.5. The molecule has 1 aliphatic carbocycles. The smallest absolute Gasteiger partial charge is 0.367 e. The lowest BCUT2D eigenvalue weighted by Crippen LogP contribution is -2.24. The minimum absolute atomic E-state index is 0.111. The third kappa shape index (κ3) is 5.57. The maximum Gasteiger partial charge on any atom is 0.435 e. The number of alkyl halides is 3. The van der Waals surface area contributed by atoms with Gasteiger partial charge in [0.25, 0.3) is 5.91 Å². The molecular weight excluding hydrogens is 481 g/mol. The van der Waals surface area contributed by atoms with Crippen LogP contribution in [0.5, 0.6) is 0 Å². The van der Waals surface area contributed by atoms with Crippen LogP contribution >= 0.6 is 0 Å². The molecule has 1 atom stereocenters. The normalized spacial score (nSPS) is 14.2. The van der Waals surface area contributed by atoms with Gasteiger partial charge in [0, 0.05) is 24.1 Å². The Hall–Kier alpha value is -4.36. The molecule has 37 heavy (non-hydrogen) atoms. The average molecular weight is 505 g/mol. The molecule has 1 aliphatic rings. The number of anilines is 1. The fourth-order valence-electron chi connectivity index (χ4n) is 4.13. The number of H-pyrrole nitrogens is 1. The monoisotopic (exact) mass is 504 g/mol. The highest BCUT2D eigenvalue weighted by molar-refractivity contribution is 6.03. The van der Waals surface area contributed by atoms with E-state index in [0.29, 0.717) is 17.7 Å². The molecule has 2 aromatic heterocycles. The number of halogens is 3. The minimum atomic E-state index is -4.75. The van der Waals surface area contributed by atoms with E-state index in [0.717, 1.165) is 22.4 Å². The van der Waals surface area contributed by atoms with E-state index < -0.39 is 17.8 Å². The molecule has 188 valence electrons. The zero-order valence-electron chi connectivity index (χ0n) is 19.6. The Morgan fingerprint density at radius 2 is 1.95 bits per heavy atom. The van der Waals surface area contributed by atoms with Gasteiger partial charge in [-0.05, 0) is 72.8 Å². The third-order valence-corrected chi connectivity index (χ3v) is 6.19. The van der Waals surface area contributed by atoms with Gasteiger partial charge in [0.2, 0.25) is 0 Å². The Morgan fingerprint density at radius 3 is 2.65 bits per heavy atom. The van der Waals surface area contributed by atoms with E-state index in [4.69, 9.17) is 0 Å². The molecule has 3 N–H and O–H groups in total. The first-order chi connectivity index (χ1) is 17.8. The summed E-state index contributed by atoms with van der Waals surface area (Å²) in [5.74, 6) is -0.0985. The first-order valence-electron chi connectivity index (χ1n) is 11.8. The summed E-state index contributed by atoms with van der Waals surface area (Å²) in [5, 5.41) is 19.1. The highest BCUT2D eigenvalue weighted by atomic mass is 19.4. The van der Waals surface area contributed by atoms with Gasteiger partial charge in [0.15, 0.2) is 5.69 Å². The van der Waals surface area contributed by atoms with Crippen LogP contribution in [0, 0.1) is 17.2 Å². The number of nitriles is 1. The number of carbonyl (C=O) groups excluding carboxylic acids is 1. The zero-order chi connectivity index (χ0) is 26.0. The van der Waals surface area contributed by atoms with Crippen LogP contribution in [0.2, 0.25) is 0 Å². The van der Waals surface area contributed by atoms with Gasteiger partial charge < -0.3 is 15.6 Å². The molecule has 0 radical (unpaired) electrons. The van der Waals surface area contributed by atoms with Crippen molar-refractivity contribution in [1.82, 2.24) is 20.1 Å². The molecular formula is C27H23F3N6O. The van der Waals surface area contributed by atoms with Gasteiger partial charge in [0.1, 0.15) is 5.69 Å². The van der Waals surface area contributed by atoms with Crippen LogP contribution in [-0.2, 0) is 6.18 Å². The van der Waals surface area contributed by atoms with Crippen LogP contribution in [0.25, 0.3) is 5.69 Å². The van der Waals surface area contributed by atoms with Gasteiger partial charge in [-0.2, -0.15) is 23.5 Å². The van der Waals surface area contributed by atoms with Gasteiger partial charge in [-0.15, -0.1) is 0 Å². The standard InChI is InChI=1S/C27H23F3N6O/c28-27(29,30)24-13-23(36(35-24)22-6-1-3-18(11-22)14-31)26(37)34-21-5-2-4-19(12-21)25(20-9-10-32-16-20)33-15-17-7-8-17/h1-6,9-13,16-17,25,32-33H,7-8,15H2,(H,34,37). The molecule has 0 aliphatic heterocycles. The van der Waals surface area contributed by atoms with Crippen molar-refractivity contribution in [3.8, 4) is 11.8 Å². The largest absolute Gasteiger partial charge is 0.435 e. The zero-order valence-corrected chi connectivity index (χ0v) is 19.6. The Balaban J connectivity index is 1.44. The van der Waals surface area contributed by atoms with Crippen LogP contribution in [0.1, 0.15) is 51.8 Å². The molecule has 7 nitrogen and oxygen atoms in total. The predicted octanol–water partition coefficient (Wildman–Crippen LogP) is 5.43. The fourth-order valence-corrected chi connectivity index (χ4v) is 4.13. The van der Waals surface area contributed by atoms with Crippen LogP contribution < -0.4 is 10.6 Å². The van der Waals surface area contributed by atoms with Crippen LogP contribution in [-0.4, -0.2) is 27.2 Å². The highest BCUT2D eigenvalue weighted by Crippen LogP contribution is 2.32. The second-order valence-corrected chi connectivity index (χ2v) is 9.00. The van der Waals surface area contributed by atoms with Crippen molar-refractivity contribution in [3.63, 3.8) is 0 Å². The molecule has 10 heteroatoms. The second-order valence-electron chi connectivity index (χ2n) is 9.00. The van der Waals surface area contributed by atoms with Crippen molar-refractivity contribution >= 4 is 11.6 Å². The van der Waals surface area contributed by atoms with Crippen LogP contribution in [0.3, 0.4) is 0 Å². The van der Waals surface area contributed by atoms with Crippen molar-refractivity contribution in [3.05, 3.63) is 101 Å². The molecule has 0 bridgehead atoms. The molecule has 1 saturated carbocycles. The van der Waals surface area contributed by atoms with E-state index in [9.17, 15) is 23.2 Å². The third-order valence-electron chi connectivity index (χ3n) is 6.19. The number of amides is 1. The molecule has 1 fully saturated rings. The van der Waals surface area contributed by atoms with Crippen molar-refractivity contribution in [2.24, 2.45) is 5.92 Å². The van der Waals surface area contributed by atoms with E-state index in [-0.39, 0.29) is 23.0 Å². The lowest BCUT2D eigenvalue weighted by atomic mass is 10.0. The van der Waals surface area contributed by atoms with Gasteiger partial charge in [-0.3, -0.25) is 4.79 Å². The second kappa shape index (κ2) is 9.95. The van der Waals surface area contributed by atoms with E-state index in [1.807, 2.05) is 30.6 Å². The van der Waals surface area contributed by atoms with Crippen LogP contribution in [0.4, 0.5) is 18.9 Å². The van der Waals surface area contributed by atoms with Gasteiger partial charge in [0.05, 0.1) is 23.4 Å². The fraction of sp³-hybridized carbons (Fsp3) is 0.222. The highest BCUT2D eigenvalue weighted by Gasteiger charge is 2.36. The number of carbonyl (C=O) groups is 1. The summed E-state index contributed by atoms with van der Waals surface area (Å²) in [5.41, 5.74) is 1.27. The first-order valence-corrected chi connectivity index (χ1v) is 11.8. The Labute approximate surface area is 210 Å². The summed E-state index contributed by atoms with van der Waals surface area (Å²) in [7, 11) is 0. The van der Waals surface area contributed by atoms with Crippen molar-refractivity contribution in [2.45, 2.75) is 25.1 Å². The van der Waals surface area contributed by atoms with Crippen molar-refractivity contribution < 1.29 is 18.0 Å². The van der Waals surface area contributed by atoms with Crippen LogP contribution in [0.15, 0.2) is 73.1 Å². The van der Waals surface area contributed by atoms with Gasteiger partial charge in [-0.25, -0.2) is 4.68 Å². The summed E-state index contributed by atoms with van der Waals surface area (Å²) in [6.07, 6.45) is 1.40. The van der Waals surface area contributed by atoms with Gasteiger partial charge >= 0.3 is 6.18 Å². The molecule has 1 amide bonds. The molecule has 2 heterocycles. The molecule has 2 aromatic carbocycles. The Morgan fingerprint density at radius 1 is 1.14 bits per heavy atom. The first kappa shape index (κ1) is 24.3. The number of aromatic amines is 1. The SMILES string of the molecule is N#Cc1cccc(-n2nc(C(F)(F)F)cc2C(=O)Nc2cccc(C(NCC3CC3)c3cc[nH]c3)c2)c1. The molecule has 1 unspecified atom stereocenters. The number of hydrogen-bond donors (Lipinski definition) is 3. The molecule has 5 rings (SSSR count). The van der Waals surface area contributed by atoms with E-state index >= 15 is 0 Å². The van der Waals surface area contributed by atoms with Crippen molar-refractivity contribution in [2.75, 3.05) is 11.9 Å². The summed E-state index contributed by atoms with van der Waals surface area (Å²) in [6.45, 7) is 0.869. The lowest BCUT2D eigenvalue weighted by Gasteiger charge is -2.19. The number of rotatable bonds is 8. The molecule has 4 aromatic rings. The Bertz CT molecular complexity index is 1450. The quantitative estimate of drug-likeness (QED) is 0.298. The number of benzene rings is 2. The molecule has 0 spiro atoms.